The first kappa shape index (κ1) is 13.9. The molecule has 0 unspecified atom stereocenters. The highest BCUT2D eigenvalue weighted by molar-refractivity contribution is 7.90. The zero-order chi connectivity index (χ0) is 13.1. The molecule has 0 aliphatic rings. The molecule has 0 radical (unpaired) electrons. The zero-order valence-corrected chi connectivity index (χ0v) is 11.3. The third kappa shape index (κ3) is 4.32. The lowest BCUT2D eigenvalue weighted by atomic mass is 10.2. The van der Waals surface area contributed by atoms with E-state index in [1.807, 2.05) is 24.9 Å². The van der Waals surface area contributed by atoms with Crippen LogP contribution in [0.4, 0.5) is 5.69 Å². The SMILES string of the molecule is Cc1cc(N(C)CCS(C)(=O)=O)c(CN)cn1. The van der Waals surface area contributed by atoms with E-state index in [1.54, 1.807) is 6.20 Å². The maximum Gasteiger partial charge on any atom is 0.149 e. The molecule has 0 saturated heterocycles. The minimum atomic E-state index is -2.95. The second kappa shape index (κ2) is 5.46. The van der Waals surface area contributed by atoms with E-state index in [-0.39, 0.29) is 5.75 Å². The van der Waals surface area contributed by atoms with Gasteiger partial charge in [0, 0.05) is 49.5 Å². The Morgan fingerprint density at radius 3 is 2.65 bits per heavy atom. The number of nitrogens with two attached hydrogens (primary N) is 1. The van der Waals surface area contributed by atoms with Crippen molar-refractivity contribution in [2.45, 2.75) is 13.5 Å². The minimum absolute atomic E-state index is 0.134. The van der Waals surface area contributed by atoms with Gasteiger partial charge in [0.15, 0.2) is 0 Å². The second-order valence-electron chi connectivity index (χ2n) is 4.21. The summed E-state index contributed by atoms with van der Waals surface area (Å²) < 4.78 is 22.2. The van der Waals surface area contributed by atoms with Gasteiger partial charge >= 0.3 is 0 Å². The molecular formula is C11H19N3O2S. The van der Waals surface area contributed by atoms with Crippen LogP contribution in [0.2, 0.25) is 0 Å². The highest BCUT2D eigenvalue weighted by Gasteiger charge is 2.10. The third-order valence-corrected chi connectivity index (χ3v) is 3.45. The van der Waals surface area contributed by atoms with Crippen LogP contribution >= 0.6 is 0 Å². The fourth-order valence-corrected chi connectivity index (χ4v) is 2.12. The van der Waals surface area contributed by atoms with Crippen molar-refractivity contribution >= 4 is 15.5 Å². The molecule has 6 heteroatoms. The van der Waals surface area contributed by atoms with E-state index in [0.717, 1.165) is 16.9 Å². The molecule has 5 nitrogen and oxygen atoms in total. The minimum Gasteiger partial charge on any atom is -0.373 e. The first-order chi connectivity index (χ1) is 7.83. The summed E-state index contributed by atoms with van der Waals surface area (Å²) in [6.45, 7) is 2.75. The topological polar surface area (TPSA) is 76.3 Å². The summed E-state index contributed by atoms with van der Waals surface area (Å²) >= 11 is 0. The van der Waals surface area contributed by atoms with Gasteiger partial charge in [-0.1, -0.05) is 0 Å². The number of rotatable bonds is 5. The van der Waals surface area contributed by atoms with E-state index >= 15 is 0 Å². The Morgan fingerprint density at radius 1 is 1.47 bits per heavy atom. The Morgan fingerprint density at radius 2 is 2.12 bits per heavy atom. The lowest BCUT2D eigenvalue weighted by Gasteiger charge is -2.21. The molecule has 96 valence electrons. The summed E-state index contributed by atoms with van der Waals surface area (Å²) in [4.78, 5) is 6.08. The monoisotopic (exact) mass is 257 g/mol. The van der Waals surface area contributed by atoms with Crippen LogP contribution in [0.15, 0.2) is 12.3 Å². The molecule has 1 heterocycles. The predicted octanol–water partition coefficient (Wildman–Crippen LogP) is 0.330. The molecule has 1 rings (SSSR count). The number of pyridine rings is 1. The Hall–Kier alpha value is -1.14. The Balaban J connectivity index is 2.87. The van der Waals surface area contributed by atoms with E-state index in [9.17, 15) is 8.42 Å². The first-order valence-electron chi connectivity index (χ1n) is 5.38. The van der Waals surface area contributed by atoms with E-state index in [2.05, 4.69) is 4.98 Å². The Bertz CT molecular complexity index is 485. The molecule has 2 N–H and O–H groups in total. The van der Waals surface area contributed by atoms with Crippen LogP contribution in [0, 0.1) is 6.92 Å². The van der Waals surface area contributed by atoms with E-state index in [1.165, 1.54) is 6.26 Å². The van der Waals surface area contributed by atoms with Crippen molar-refractivity contribution < 1.29 is 8.42 Å². The van der Waals surface area contributed by atoms with E-state index < -0.39 is 9.84 Å². The van der Waals surface area contributed by atoms with Gasteiger partial charge in [-0.15, -0.1) is 0 Å². The van der Waals surface area contributed by atoms with Crippen molar-refractivity contribution in [1.29, 1.82) is 0 Å². The van der Waals surface area contributed by atoms with Gasteiger partial charge in [-0.2, -0.15) is 0 Å². The maximum absolute atomic E-state index is 11.1. The van der Waals surface area contributed by atoms with Gasteiger partial charge in [-0.25, -0.2) is 8.42 Å². The number of nitrogens with zero attached hydrogens (tertiary/aromatic N) is 2. The molecule has 17 heavy (non-hydrogen) atoms. The third-order valence-electron chi connectivity index (χ3n) is 2.53. The van der Waals surface area contributed by atoms with Gasteiger partial charge in [-0.05, 0) is 13.0 Å². The standard InChI is InChI=1S/C11H19N3O2S/c1-9-6-11(10(7-12)8-13-9)14(2)4-5-17(3,15)16/h6,8H,4-5,7,12H2,1-3H3. The molecular weight excluding hydrogens is 238 g/mol. The van der Waals surface area contributed by atoms with Crippen molar-refractivity contribution in [3.8, 4) is 0 Å². The van der Waals surface area contributed by atoms with Gasteiger partial charge in [0.25, 0.3) is 0 Å². The first-order valence-corrected chi connectivity index (χ1v) is 7.44. The van der Waals surface area contributed by atoms with Gasteiger partial charge in [0.05, 0.1) is 5.75 Å². The van der Waals surface area contributed by atoms with Crippen molar-refractivity contribution in [3.63, 3.8) is 0 Å². The molecule has 0 aliphatic heterocycles. The average molecular weight is 257 g/mol. The average Bonchev–Trinajstić information content (AvgIpc) is 2.25. The van der Waals surface area contributed by atoms with Crippen LogP contribution < -0.4 is 10.6 Å². The van der Waals surface area contributed by atoms with Crippen molar-refractivity contribution in [1.82, 2.24) is 4.98 Å². The Kier molecular flexibility index (Phi) is 4.47. The smallest absolute Gasteiger partial charge is 0.149 e. The van der Waals surface area contributed by atoms with Crippen molar-refractivity contribution in [3.05, 3.63) is 23.5 Å². The quantitative estimate of drug-likeness (QED) is 0.822. The summed E-state index contributed by atoms with van der Waals surface area (Å²) in [5.74, 6) is 0.134. The molecule has 0 aliphatic carbocycles. The van der Waals surface area contributed by atoms with Gasteiger partial charge in [0.1, 0.15) is 9.84 Å². The number of aromatic nitrogens is 1. The number of aryl methyl sites for hydroxylation is 1. The van der Waals surface area contributed by atoms with Crippen LogP contribution in [0.1, 0.15) is 11.3 Å². The van der Waals surface area contributed by atoms with Crippen LogP contribution in [-0.2, 0) is 16.4 Å². The zero-order valence-electron chi connectivity index (χ0n) is 10.5. The number of hydrogen-bond acceptors (Lipinski definition) is 5. The lowest BCUT2D eigenvalue weighted by Crippen LogP contribution is -2.26. The fourth-order valence-electron chi connectivity index (χ4n) is 1.51. The molecule has 0 amide bonds. The van der Waals surface area contributed by atoms with Crippen LogP contribution in [-0.4, -0.2) is 39.0 Å². The summed E-state index contributed by atoms with van der Waals surface area (Å²) in [5.41, 5.74) is 8.40. The number of hydrogen-bond donors (Lipinski definition) is 1. The highest BCUT2D eigenvalue weighted by atomic mass is 32.2. The largest absolute Gasteiger partial charge is 0.373 e. The molecule has 0 aromatic carbocycles. The van der Waals surface area contributed by atoms with E-state index in [0.29, 0.717) is 13.1 Å². The van der Waals surface area contributed by atoms with Crippen LogP contribution in [0.5, 0.6) is 0 Å². The fraction of sp³-hybridized carbons (Fsp3) is 0.545. The van der Waals surface area contributed by atoms with Gasteiger partial charge < -0.3 is 10.6 Å². The number of sulfone groups is 1. The molecule has 0 atom stereocenters. The van der Waals surface area contributed by atoms with E-state index in [4.69, 9.17) is 5.73 Å². The molecule has 1 aromatic heterocycles. The maximum atomic E-state index is 11.1. The van der Waals surface area contributed by atoms with Crippen molar-refractivity contribution in [2.75, 3.05) is 30.5 Å². The highest BCUT2D eigenvalue weighted by Crippen LogP contribution is 2.19. The Labute approximate surface area is 103 Å². The summed E-state index contributed by atoms with van der Waals surface area (Å²) in [6.07, 6.45) is 2.98. The molecule has 0 fully saturated rings. The second-order valence-corrected chi connectivity index (χ2v) is 6.47. The molecule has 1 aromatic rings. The normalized spacial score (nSPS) is 11.5. The summed E-state index contributed by atoms with van der Waals surface area (Å²) in [6, 6.07) is 1.92. The predicted molar refractivity (Wildman–Crippen MR) is 69.8 cm³/mol. The molecule has 0 saturated carbocycles. The van der Waals surface area contributed by atoms with Gasteiger partial charge in [-0.3, -0.25) is 4.98 Å². The summed E-state index contributed by atoms with van der Waals surface area (Å²) in [7, 11) is -1.09. The van der Waals surface area contributed by atoms with Crippen LogP contribution in [0.3, 0.4) is 0 Å². The van der Waals surface area contributed by atoms with Crippen molar-refractivity contribution in [2.24, 2.45) is 5.73 Å². The number of anilines is 1. The van der Waals surface area contributed by atoms with Gasteiger partial charge in [0.2, 0.25) is 0 Å². The molecule has 0 spiro atoms. The molecule has 0 bridgehead atoms. The van der Waals surface area contributed by atoms with Crippen LogP contribution in [0.25, 0.3) is 0 Å². The lowest BCUT2D eigenvalue weighted by molar-refractivity contribution is 0.601. The summed E-state index contributed by atoms with van der Waals surface area (Å²) in [5, 5.41) is 0.